The predicted molar refractivity (Wildman–Crippen MR) is 84.3 cm³/mol. The zero-order valence-corrected chi connectivity index (χ0v) is 13.2. The molecule has 0 saturated heterocycles. The van der Waals surface area contributed by atoms with Gasteiger partial charge in [-0.1, -0.05) is 18.2 Å². The summed E-state index contributed by atoms with van der Waals surface area (Å²) < 4.78 is 5.51. The van der Waals surface area contributed by atoms with Gasteiger partial charge < -0.3 is 15.4 Å². The van der Waals surface area contributed by atoms with E-state index in [0.717, 1.165) is 22.6 Å². The van der Waals surface area contributed by atoms with Crippen molar-refractivity contribution in [3.63, 3.8) is 0 Å². The highest BCUT2D eigenvalue weighted by atomic mass is 32.1. The fraction of sp³-hybridized carbons (Fsp3) is 0.267. The summed E-state index contributed by atoms with van der Waals surface area (Å²) in [7, 11) is 1.52. The molecule has 0 aliphatic carbocycles. The Bertz CT molecular complexity index is 670. The molecule has 2 amide bonds. The lowest BCUT2D eigenvalue weighted by molar-refractivity contribution is 0.0946. The maximum absolute atomic E-state index is 12.1. The van der Waals surface area contributed by atoms with Crippen molar-refractivity contribution in [2.24, 2.45) is 0 Å². The standard InChI is InChI=1S/C15H17N3O3S/c1-3-21-12-7-5-4-6-10(12)8-17-13(19)11-9-22-15(18-11)14(20)16-2/h4-7,9H,3,8H2,1-2H3,(H,16,20)(H,17,19). The number of rotatable bonds is 6. The predicted octanol–water partition coefficient (Wildman–Crippen LogP) is 1.83. The summed E-state index contributed by atoms with van der Waals surface area (Å²) in [5, 5.41) is 7.08. The molecule has 2 N–H and O–H groups in total. The largest absolute Gasteiger partial charge is 0.494 e. The molecule has 0 fully saturated rings. The maximum Gasteiger partial charge on any atom is 0.280 e. The zero-order chi connectivity index (χ0) is 15.9. The number of nitrogens with one attached hydrogen (secondary N) is 2. The lowest BCUT2D eigenvalue weighted by atomic mass is 10.2. The van der Waals surface area contributed by atoms with Gasteiger partial charge in [0.1, 0.15) is 11.4 Å². The summed E-state index contributed by atoms with van der Waals surface area (Å²) >= 11 is 1.13. The number of hydrogen-bond donors (Lipinski definition) is 2. The van der Waals surface area contributed by atoms with Crippen LogP contribution in [0.3, 0.4) is 0 Å². The van der Waals surface area contributed by atoms with Gasteiger partial charge >= 0.3 is 0 Å². The zero-order valence-electron chi connectivity index (χ0n) is 12.4. The normalized spacial score (nSPS) is 10.1. The third kappa shape index (κ3) is 3.82. The average Bonchev–Trinajstić information content (AvgIpc) is 3.03. The van der Waals surface area contributed by atoms with Crippen molar-refractivity contribution < 1.29 is 14.3 Å². The SMILES string of the molecule is CCOc1ccccc1CNC(=O)c1csc(C(=O)NC)n1. The number of ether oxygens (including phenoxy) is 1. The van der Waals surface area contributed by atoms with Crippen LogP contribution in [0, 0.1) is 0 Å². The minimum atomic E-state index is -0.322. The van der Waals surface area contributed by atoms with Crippen molar-refractivity contribution in [2.75, 3.05) is 13.7 Å². The molecular weight excluding hydrogens is 302 g/mol. The molecule has 0 aliphatic rings. The first kappa shape index (κ1) is 16.0. The van der Waals surface area contributed by atoms with Gasteiger partial charge in [0.25, 0.3) is 11.8 Å². The number of nitrogens with zero attached hydrogens (tertiary/aromatic N) is 1. The summed E-state index contributed by atoms with van der Waals surface area (Å²) in [4.78, 5) is 27.5. The van der Waals surface area contributed by atoms with E-state index in [4.69, 9.17) is 4.74 Å². The molecule has 22 heavy (non-hydrogen) atoms. The lowest BCUT2D eigenvalue weighted by Gasteiger charge is -2.10. The summed E-state index contributed by atoms with van der Waals surface area (Å²) in [5.74, 6) is 0.123. The Morgan fingerprint density at radius 1 is 1.27 bits per heavy atom. The number of benzene rings is 1. The third-order valence-electron chi connectivity index (χ3n) is 2.87. The van der Waals surface area contributed by atoms with Gasteiger partial charge in [-0.15, -0.1) is 11.3 Å². The number of hydrogen-bond acceptors (Lipinski definition) is 5. The smallest absolute Gasteiger partial charge is 0.280 e. The van der Waals surface area contributed by atoms with E-state index in [-0.39, 0.29) is 22.5 Å². The average molecular weight is 319 g/mol. The highest BCUT2D eigenvalue weighted by molar-refractivity contribution is 7.11. The van der Waals surface area contributed by atoms with Crippen LogP contribution >= 0.6 is 11.3 Å². The van der Waals surface area contributed by atoms with Crippen LogP contribution in [0.15, 0.2) is 29.6 Å². The van der Waals surface area contributed by atoms with Gasteiger partial charge in [0, 0.05) is 24.5 Å². The third-order valence-corrected chi connectivity index (χ3v) is 3.71. The van der Waals surface area contributed by atoms with E-state index >= 15 is 0 Å². The van der Waals surface area contributed by atoms with Crippen LogP contribution in [0.25, 0.3) is 0 Å². The van der Waals surface area contributed by atoms with Crippen molar-refractivity contribution >= 4 is 23.2 Å². The second-order valence-electron chi connectivity index (χ2n) is 4.34. The molecule has 0 spiro atoms. The Hall–Kier alpha value is -2.41. The Labute approximate surface area is 132 Å². The van der Waals surface area contributed by atoms with Gasteiger partial charge in [-0.25, -0.2) is 4.98 Å². The van der Waals surface area contributed by atoms with Gasteiger partial charge in [-0.3, -0.25) is 9.59 Å². The van der Waals surface area contributed by atoms with Gasteiger partial charge in [0.05, 0.1) is 6.61 Å². The van der Waals surface area contributed by atoms with Crippen LogP contribution < -0.4 is 15.4 Å². The van der Waals surface area contributed by atoms with Gasteiger partial charge in [-0.2, -0.15) is 0 Å². The molecule has 0 bridgehead atoms. The molecular formula is C15H17N3O3S. The monoisotopic (exact) mass is 319 g/mol. The van der Waals surface area contributed by atoms with Crippen LogP contribution in [0.4, 0.5) is 0 Å². The molecule has 0 aliphatic heterocycles. The van der Waals surface area contributed by atoms with Crippen LogP contribution in [0.1, 0.15) is 32.8 Å². The first-order valence-corrected chi connectivity index (χ1v) is 7.70. The van der Waals surface area contributed by atoms with Crippen molar-refractivity contribution in [2.45, 2.75) is 13.5 Å². The van der Waals surface area contributed by atoms with Gasteiger partial charge in [0.2, 0.25) is 0 Å². The molecule has 2 aromatic rings. The van der Waals surface area contributed by atoms with E-state index < -0.39 is 0 Å². The number of carbonyl (C=O) groups excluding carboxylic acids is 2. The summed E-state index contributed by atoms with van der Waals surface area (Å²) in [6, 6.07) is 7.52. The van der Waals surface area contributed by atoms with Crippen LogP contribution in [-0.2, 0) is 6.54 Å². The van der Waals surface area contributed by atoms with Crippen molar-refractivity contribution in [3.8, 4) is 5.75 Å². The molecule has 6 nitrogen and oxygen atoms in total. The number of para-hydroxylation sites is 1. The minimum Gasteiger partial charge on any atom is -0.494 e. The fourth-order valence-corrected chi connectivity index (χ4v) is 2.54. The highest BCUT2D eigenvalue weighted by Crippen LogP contribution is 2.18. The Morgan fingerprint density at radius 2 is 2.05 bits per heavy atom. The molecule has 0 saturated carbocycles. The second-order valence-corrected chi connectivity index (χ2v) is 5.20. The molecule has 1 aromatic heterocycles. The van der Waals surface area contributed by atoms with E-state index in [1.807, 2.05) is 31.2 Å². The Kier molecular flexibility index (Phi) is 5.48. The molecule has 0 unspecified atom stereocenters. The topological polar surface area (TPSA) is 80.3 Å². The van der Waals surface area contributed by atoms with Gasteiger partial charge in [0.15, 0.2) is 5.01 Å². The summed E-state index contributed by atoms with van der Waals surface area (Å²) in [6.45, 7) is 2.80. The maximum atomic E-state index is 12.1. The number of carbonyl (C=O) groups is 2. The van der Waals surface area contributed by atoms with Crippen LogP contribution in [0.5, 0.6) is 5.75 Å². The van der Waals surface area contributed by atoms with E-state index in [0.29, 0.717) is 13.2 Å². The Morgan fingerprint density at radius 3 is 2.77 bits per heavy atom. The minimum absolute atomic E-state index is 0.234. The van der Waals surface area contributed by atoms with Crippen LogP contribution in [0.2, 0.25) is 0 Å². The molecule has 1 aromatic carbocycles. The number of aromatic nitrogens is 1. The Balaban J connectivity index is 2.01. The van der Waals surface area contributed by atoms with Crippen molar-refractivity contribution in [1.29, 1.82) is 0 Å². The second kappa shape index (κ2) is 7.56. The first-order valence-electron chi connectivity index (χ1n) is 6.82. The molecule has 0 radical (unpaired) electrons. The fourth-order valence-electron chi connectivity index (χ4n) is 1.80. The van der Waals surface area contributed by atoms with Crippen molar-refractivity contribution in [3.05, 3.63) is 45.9 Å². The van der Waals surface area contributed by atoms with E-state index in [2.05, 4.69) is 15.6 Å². The van der Waals surface area contributed by atoms with E-state index in [1.165, 1.54) is 7.05 Å². The summed E-state index contributed by atoms with van der Waals surface area (Å²) in [5.41, 5.74) is 1.12. The molecule has 116 valence electrons. The number of thiazole rings is 1. The molecule has 2 rings (SSSR count). The van der Waals surface area contributed by atoms with Crippen LogP contribution in [-0.4, -0.2) is 30.5 Å². The van der Waals surface area contributed by atoms with Crippen molar-refractivity contribution in [1.82, 2.24) is 15.6 Å². The highest BCUT2D eigenvalue weighted by Gasteiger charge is 2.14. The molecule has 0 atom stereocenters. The molecule has 1 heterocycles. The summed E-state index contributed by atoms with van der Waals surface area (Å²) in [6.07, 6.45) is 0. The van der Waals surface area contributed by atoms with E-state index in [9.17, 15) is 9.59 Å². The lowest BCUT2D eigenvalue weighted by Crippen LogP contribution is -2.24. The van der Waals surface area contributed by atoms with E-state index in [1.54, 1.807) is 5.38 Å². The molecule has 7 heteroatoms. The quantitative estimate of drug-likeness (QED) is 0.851. The first-order chi connectivity index (χ1) is 10.7. The van der Waals surface area contributed by atoms with Gasteiger partial charge in [-0.05, 0) is 13.0 Å². The number of amides is 2.